The molecule has 0 amide bonds. The first kappa shape index (κ1) is 20.0. The Kier molecular flexibility index (Phi) is 5.22. The molecule has 1 heterocycles. The van der Waals surface area contributed by atoms with Crippen molar-refractivity contribution in [2.45, 2.75) is 65.7 Å². The second kappa shape index (κ2) is 6.78. The fourth-order valence-corrected chi connectivity index (χ4v) is 2.83. The van der Waals surface area contributed by atoms with Gasteiger partial charge in [-0.3, -0.25) is 4.79 Å². The highest BCUT2D eigenvalue weighted by Gasteiger charge is 2.28. The molecule has 0 fully saturated rings. The van der Waals surface area contributed by atoms with E-state index in [1.807, 2.05) is 12.1 Å². The number of nitrogens with zero attached hydrogens (tertiary/aromatic N) is 1. The molecule has 1 aromatic heterocycles. The Morgan fingerprint density at radius 1 is 1.12 bits per heavy atom. The Balaban J connectivity index is 2.63. The normalized spacial score (nSPS) is 12.3. The van der Waals surface area contributed by atoms with Crippen molar-refractivity contribution in [3.05, 3.63) is 34.7 Å². The highest BCUT2D eigenvalue weighted by atomic mass is 16.5. The maximum absolute atomic E-state index is 11.6. The Morgan fingerprint density at radius 2 is 1.62 bits per heavy atom. The van der Waals surface area contributed by atoms with Crippen LogP contribution in [0.15, 0.2) is 16.5 Å². The van der Waals surface area contributed by atoms with Crippen molar-refractivity contribution in [2.24, 2.45) is 0 Å². The Labute approximate surface area is 155 Å². The third-order valence-electron chi connectivity index (χ3n) is 4.41. The van der Waals surface area contributed by atoms with E-state index in [-0.39, 0.29) is 23.2 Å². The van der Waals surface area contributed by atoms with E-state index in [1.54, 1.807) is 6.92 Å². The summed E-state index contributed by atoms with van der Waals surface area (Å²) in [4.78, 5) is 16.1. The van der Waals surface area contributed by atoms with Crippen molar-refractivity contribution in [1.82, 2.24) is 4.98 Å². The zero-order valence-corrected chi connectivity index (χ0v) is 17.0. The number of oxazole rings is 1. The summed E-state index contributed by atoms with van der Waals surface area (Å²) < 4.78 is 10.5. The first-order valence-electron chi connectivity index (χ1n) is 8.76. The van der Waals surface area contributed by atoms with E-state index in [4.69, 9.17) is 9.15 Å². The summed E-state index contributed by atoms with van der Waals surface area (Å²) in [5.41, 5.74) is 2.55. The van der Waals surface area contributed by atoms with E-state index in [2.05, 4.69) is 46.5 Å². The molecule has 0 aliphatic rings. The van der Waals surface area contributed by atoms with Gasteiger partial charge in [0.25, 0.3) is 0 Å². The minimum Gasteiger partial charge on any atom is -0.507 e. The molecular weight excluding hydrogens is 330 g/mol. The number of methoxy groups -OCH3 is 1. The van der Waals surface area contributed by atoms with Gasteiger partial charge in [-0.05, 0) is 29.9 Å². The summed E-state index contributed by atoms with van der Waals surface area (Å²) >= 11 is 0. The highest BCUT2D eigenvalue weighted by Crippen LogP contribution is 2.42. The molecule has 0 aliphatic heterocycles. The van der Waals surface area contributed by atoms with Crippen LogP contribution in [0.4, 0.5) is 0 Å². The fraction of sp³-hybridized carbons (Fsp3) is 0.524. The third-order valence-corrected chi connectivity index (χ3v) is 4.41. The lowest BCUT2D eigenvalue weighted by atomic mass is 9.78. The van der Waals surface area contributed by atoms with Crippen molar-refractivity contribution < 1.29 is 19.1 Å². The van der Waals surface area contributed by atoms with Crippen LogP contribution >= 0.6 is 0 Å². The first-order valence-corrected chi connectivity index (χ1v) is 8.76. The number of hydrogen-bond acceptors (Lipinski definition) is 5. The van der Waals surface area contributed by atoms with E-state index in [9.17, 15) is 9.90 Å². The van der Waals surface area contributed by atoms with Gasteiger partial charge in [-0.25, -0.2) is 4.98 Å². The van der Waals surface area contributed by atoms with Gasteiger partial charge in [0.1, 0.15) is 11.5 Å². The van der Waals surface area contributed by atoms with Gasteiger partial charge in [-0.2, -0.15) is 0 Å². The Hall–Kier alpha value is -2.30. The molecule has 0 unspecified atom stereocenters. The van der Waals surface area contributed by atoms with Gasteiger partial charge in [0.15, 0.2) is 0 Å². The van der Waals surface area contributed by atoms with E-state index in [0.29, 0.717) is 23.1 Å². The molecule has 0 aliphatic carbocycles. The summed E-state index contributed by atoms with van der Waals surface area (Å²) in [6, 6.07) is 3.83. The molecule has 0 radical (unpaired) electrons. The van der Waals surface area contributed by atoms with Crippen LogP contribution in [0.2, 0.25) is 0 Å². The SMILES string of the molecule is COC(=O)Cc1nc(-c2cc(C(C)(C)C)c(O)c(C(C)(C)C)c2)oc1C. The fourth-order valence-electron chi connectivity index (χ4n) is 2.83. The molecule has 5 nitrogen and oxygen atoms in total. The second-order valence-electron chi connectivity index (χ2n) is 8.69. The molecule has 1 aromatic carbocycles. The number of aromatic nitrogens is 1. The highest BCUT2D eigenvalue weighted by molar-refractivity contribution is 5.72. The number of esters is 1. The van der Waals surface area contributed by atoms with Crippen LogP contribution in [0.25, 0.3) is 11.5 Å². The summed E-state index contributed by atoms with van der Waals surface area (Å²) in [6.45, 7) is 14.1. The predicted molar refractivity (Wildman–Crippen MR) is 101 cm³/mol. The van der Waals surface area contributed by atoms with Gasteiger partial charge in [-0.15, -0.1) is 0 Å². The number of aryl methyl sites for hydroxylation is 1. The molecule has 1 N–H and O–H groups in total. The van der Waals surface area contributed by atoms with Gasteiger partial charge in [0.05, 0.1) is 19.2 Å². The van der Waals surface area contributed by atoms with Crippen molar-refractivity contribution in [2.75, 3.05) is 7.11 Å². The van der Waals surface area contributed by atoms with E-state index in [1.165, 1.54) is 7.11 Å². The first-order chi connectivity index (χ1) is 11.8. The lowest BCUT2D eigenvalue weighted by molar-refractivity contribution is -0.139. The summed E-state index contributed by atoms with van der Waals surface area (Å²) in [5.74, 6) is 0.988. The Morgan fingerprint density at radius 3 is 2.04 bits per heavy atom. The molecule has 0 bridgehead atoms. The molecule has 0 atom stereocenters. The molecular formula is C21H29NO4. The van der Waals surface area contributed by atoms with Crippen LogP contribution in [0, 0.1) is 6.92 Å². The van der Waals surface area contributed by atoms with Gasteiger partial charge >= 0.3 is 5.97 Å². The van der Waals surface area contributed by atoms with Crippen LogP contribution < -0.4 is 0 Å². The number of hydrogen-bond donors (Lipinski definition) is 1. The molecule has 5 heteroatoms. The quantitative estimate of drug-likeness (QED) is 0.807. The summed E-state index contributed by atoms with van der Waals surface area (Å²) in [6.07, 6.45) is 0.0716. The number of carbonyl (C=O) groups is 1. The maximum atomic E-state index is 11.6. The van der Waals surface area contributed by atoms with Crippen LogP contribution in [-0.4, -0.2) is 23.2 Å². The number of phenolic OH excluding ortho intramolecular Hbond substituents is 1. The second-order valence-corrected chi connectivity index (χ2v) is 8.69. The van der Waals surface area contributed by atoms with Crippen LogP contribution in [-0.2, 0) is 26.8 Å². The average Bonchev–Trinajstić information content (AvgIpc) is 2.86. The maximum Gasteiger partial charge on any atom is 0.311 e. The van der Waals surface area contributed by atoms with Gasteiger partial charge < -0.3 is 14.3 Å². The van der Waals surface area contributed by atoms with E-state index < -0.39 is 0 Å². The minimum absolute atomic E-state index is 0.0716. The number of aromatic hydroxyl groups is 1. The topological polar surface area (TPSA) is 72.6 Å². The standard InChI is InChI=1S/C21H29NO4/c1-12-16(11-17(23)25-8)22-19(26-12)13-9-14(20(2,3)4)18(24)15(10-13)21(5,6)7/h9-10,24H,11H2,1-8H3. The van der Waals surface area contributed by atoms with Crippen molar-refractivity contribution >= 4 is 5.97 Å². The minimum atomic E-state index is -0.357. The molecule has 26 heavy (non-hydrogen) atoms. The summed E-state index contributed by atoms with van der Waals surface area (Å²) in [7, 11) is 1.35. The van der Waals surface area contributed by atoms with E-state index in [0.717, 1.165) is 16.7 Å². The largest absolute Gasteiger partial charge is 0.507 e. The van der Waals surface area contributed by atoms with Crippen LogP contribution in [0.5, 0.6) is 5.75 Å². The van der Waals surface area contributed by atoms with Crippen LogP contribution in [0.1, 0.15) is 64.1 Å². The van der Waals surface area contributed by atoms with Crippen molar-refractivity contribution in [1.29, 1.82) is 0 Å². The number of carbonyl (C=O) groups excluding carboxylic acids is 1. The average molecular weight is 359 g/mol. The van der Waals surface area contributed by atoms with Gasteiger partial charge in [0.2, 0.25) is 5.89 Å². The third kappa shape index (κ3) is 4.09. The Bertz CT molecular complexity index is 785. The molecule has 0 spiro atoms. The van der Waals surface area contributed by atoms with Gasteiger partial charge in [0, 0.05) is 16.7 Å². The lowest BCUT2D eigenvalue weighted by Crippen LogP contribution is -2.17. The zero-order chi connectivity index (χ0) is 19.9. The zero-order valence-electron chi connectivity index (χ0n) is 17.0. The molecule has 0 saturated heterocycles. The lowest BCUT2D eigenvalue weighted by Gasteiger charge is -2.27. The monoisotopic (exact) mass is 359 g/mol. The predicted octanol–water partition coefficient (Wildman–Crippen LogP) is 4.67. The molecule has 142 valence electrons. The number of rotatable bonds is 3. The smallest absolute Gasteiger partial charge is 0.311 e. The number of phenols is 1. The van der Waals surface area contributed by atoms with Crippen LogP contribution in [0.3, 0.4) is 0 Å². The molecule has 2 rings (SSSR count). The van der Waals surface area contributed by atoms with Crippen molar-refractivity contribution in [3.8, 4) is 17.2 Å². The molecule has 0 saturated carbocycles. The molecule has 2 aromatic rings. The number of benzene rings is 1. The van der Waals surface area contributed by atoms with Crippen molar-refractivity contribution in [3.63, 3.8) is 0 Å². The van der Waals surface area contributed by atoms with E-state index >= 15 is 0 Å². The van der Waals surface area contributed by atoms with Gasteiger partial charge in [-0.1, -0.05) is 41.5 Å². The number of ether oxygens (including phenoxy) is 1. The summed E-state index contributed by atoms with van der Waals surface area (Å²) in [5, 5.41) is 10.8.